The molecule has 0 heterocycles. The summed E-state index contributed by atoms with van der Waals surface area (Å²) in [7, 11) is 0. The fraction of sp³-hybridized carbons (Fsp3) is 0.458. The number of amides is 1. The summed E-state index contributed by atoms with van der Waals surface area (Å²) in [5.74, 6) is -0.561. The van der Waals surface area contributed by atoms with Gasteiger partial charge in [-0.1, -0.05) is 58.4 Å². The van der Waals surface area contributed by atoms with Crippen LogP contribution in [-0.4, -0.2) is 25.0 Å². The minimum absolute atomic E-state index is 0.0289. The molecule has 0 bridgehead atoms. The zero-order valence-corrected chi connectivity index (χ0v) is 18.0. The molecule has 2 N–H and O–H groups in total. The molecule has 1 amide bonds. The predicted molar refractivity (Wildman–Crippen MR) is 116 cm³/mol. The minimum Gasteiger partial charge on any atom is -0.355 e. The van der Waals surface area contributed by atoms with Crippen molar-refractivity contribution in [1.82, 2.24) is 10.6 Å². The summed E-state index contributed by atoms with van der Waals surface area (Å²) in [6.45, 7) is 9.10. The first-order valence-corrected chi connectivity index (χ1v) is 10.4. The average Bonchev–Trinajstić information content (AvgIpc) is 2.69. The third-order valence-corrected chi connectivity index (χ3v) is 4.21. The van der Waals surface area contributed by atoms with Gasteiger partial charge in [-0.2, -0.15) is 0 Å². The highest BCUT2D eigenvalue weighted by Crippen LogP contribution is 2.29. The van der Waals surface area contributed by atoms with Crippen LogP contribution in [0.4, 0.5) is 8.78 Å². The molecule has 5 heteroatoms. The summed E-state index contributed by atoms with van der Waals surface area (Å²) in [5.41, 5.74) is 1.96. The highest BCUT2D eigenvalue weighted by atomic mass is 19.1. The molecule has 0 saturated heterocycles. The van der Waals surface area contributed by atoms with Crippen LogP contribution in [-0.2, 0) is 4.79 Å². The SMILES string of the molecule is CC(C)NCC(=O)NCCCC(c1ccc(F)cc1)c1ccc(F)cc1.CCC. The Morgan fingerprint density at radius 3 is 1.76 bits per heavy atom. The smallest absolute Gasteiger partial charge is 0.233 e. The maximum absolute atomic E-state index is 13.2. The lowest BCUT2D eigenvalue weighted by atomic mass is 9.87. The second kappa shape index (κ2) is 13.8. The van der Waals surface area contributed by atoms with Gasteiger partial charge in [-0.25, -0.2) is 8.78 Å². The minimum atomic E-state index is -0.281. The Bertz CT molecular complexity index is 654. The van der Waals surface area contributed by atoms with E-state index in [9.17, 15) is 13.6 Å². The van der Waals surface area contributed by atoms with E-state index >= 15 is 0 Å². The van der Waals surface area contributed by atoms with Crippen molar-refractivity contribution >= 4 is 5.91 Å². The van der Waals surface area contributed by atoms with Gasteiger partial charge in [0.15, 0.2) is 0 Å². The standard InChI is InChI=1S/C21H26F2N2O.C3H8/c1-15(2)25-14-21(26)24-13-3-4-20(16-5-9-18(22)10-6-16)17-7-11-19(23)12-8-17;1-3-2/h5-12,15,20,25H,3-4,13-14H2,1-2H3,(H,24,26);3H2,1-2H3. The number of carbonyl (C=O) groups is 1. The fourth-order valence-corrected chi connectivity index (χ4v) is 2.81. The number of benzene rings is 2. The van der Waals surface area contributed by atoms with Crippen LogP contribution in [0.5, 0.6) is 0 Å². The number of carbonyl (C=O) groups excluding carboxylic acids is 1. The molecule has 2 aromatic rings. The molecule has 0 atom stereocenters. The zero-order valence-electron chi connectivity index (χ0n) is 18.0. The molecule has 160 valence electrons. The van der Waals surface area contributed by atoms with Gasteiger partial charge in [-0.05, 0) is 48.2 Å². The highest BCUT2D eigenvalue weighted by molar-refractivity contribution is 5.77. The third-order valence-electron chi connectivity index (χ3n) is 4.21. The Morgan fingerprint density at radius 2 is 1.34 bits per heavy atom. The molecule has 0 aliphatic rings. The molecule has 0 unspecified atom stereocenters. The molecule has 0 spiro atoms. The van der Waals surface area contributed by atoms with E-state index in [4.69, 9.17) is 0 Å². The molecule has 0 aromatic heterocycles. The third kappa shape index (κ3) is 10.2. The Hall–Kier alpha value is -2.27. The molecule has 0 aliphatic heterocycles. The van der Waals surface area contributed by atoms with Crippen LogP contribution in [0.1, 0.15) is 64.0 Å². The maximum atomic E-state index is 13.2. The van der Waals surface area contributed by atoms with Crippen molar-refractivity contribution in [2.75, 3.05) is 13.1 Å². The molecule has 0 saturated carbocycles. The molecular weight excluding hydrogens is 370 g/mol. The van der Waals surface area contributed by atoms with Gasteiger partial charge in [0, 0.05) is 18.5 Å². The maximum Gasteiger partial charge on any atom is 0.233 e. The van der Waals surface area contributed by atoms with E-state index in [1.54, 1.807) is 24.3 Å². The Balaban J connectivity index is 0.00000132. The van der Waals surface area contributed by atoms with E-state index in [-0.39, 0.29) is 29.5 Å². The van der Waals surface area contributed by atoms with Gasteiger partial charge in [0.05, 0.1) is 6.54 Å². The van der Waals surface area contributed by atoms with Crippen LogP contribution in [0, 0.1) is 11.6 Å². The molecule has 0 aliphatic carbocycles. The zero-order chi connectivity index (χ0) is 21.6. The summed E-state index contributed by atoms with van der Waals surface area (Å²) in [5, 5.41) is 5.97. The van der Waals surface area contributed by atoms with Crippen molar-refractivity contribution in [3.8, 4) is 0 Å². The number of nitrogens with one attached hydrogen (secondary N) is 2. The fourth-order valence-electron chi connectivity index (χ4n) is 2.81. The van der Waals surface area contributed by atoms with Crippen molar-refractivity contribution in [3.63, 3.8) is 0 Å². The monoisotopic (exact) mass is 404 g/mol. The van der Waals surface area contributed by atoms with Crippen molar-refractivity contribution in [1.29, 1.82) is 0 Å². The molecule has 0 fully saturated rings. The summed E-state index contributed by atoms with van der Waals surface area (Å²) >= 11 is 0. The van der Waals surface area contributed by atoms with Crippen molar-refractivity contribution in [2.24, 2.45) is 0 Å². The lowest BCUT2D eigenvalue weighted by molar-refractivity contribution is -0.120. The number of halogens is 2. The van der Waals surface area contributed by atoms with Gasteiger partial charge >= 0.3 is 0 Å². The van der Waals surface area contributed by atoms with E-state index in [2.05, 4.69) is 24.5 Å². The molecule has 3 nitrogen and oxygen atoms in total. The summed E-state index contributed by atoms with van der Waals surface area (Å²) in [6.07, 6.45) is 2.79. The second-order valence-corrected chi connectivity index (χ2v) is 7.39. The quantitative estimate of drug-likeness (QED) is 0.549. The van der Waals surface area contributed by atoms with Crippen LogP contribution >= 0.6 is 0 Å². The van der Waals surface area contributed by atoms with E-state index in [0.29, 0.717) is 13.1 Å². The van der Waals surface area contributed by atoms with Crippen LogP contribution in [0.3, 0.4) is 0 Å². The Kier molecular flexibility index (Phi) is 11.8. The molecule has 29 heavy (non-hydrogen) atoms. The van der Waals surface area contributed by atoms with Gasteiger partial charge in [0.25, 0.3) is 0 Å². The van der Waals surface area contributed by atoms with Crippen LogP contribution in [0.15, 0.2) is 48.5 Å². The van der Waals surface area contributed by atoms with Gasteiger partial charge in [-0.15, -0.1) is 0 Å². The first-order valence-electron chi connectivity index (χ1n) is 10.4. The first-order chi connectivity index (χ1) is 13.9. The molecule has 2 aromatic carbocycles. The van der Waals surface area contributed by atoms with Gasteiger partial charge < -0.3 is 10.6 Å². The van der Waals surface area contributed by atoms with E-state index in [1.165, 1.54) is 30.7 Å². The van der Waals surface area contributed by atoms with Crippen molar-refractivity contribution in [3.05, 3.63) is 71.3 Å². The normalized spacial score (nSPS) is 10.6. The molecular formula is C24H34F2N2O. The topological polar surface area (TPSA) is 41.1 Å². The average molecular weight is 405 g/mol. The van der Waals surface area contributed by atoms with Crippen molar-refractivity contribution < 1.29 is 13.6 Å². The Morgan fingerprint density at radius 1 is 0.897 bits per heavy atom. The van der Waals surface area contributed by atoms with Crippen LogP contribution in [0.2, 0.25) is 0 Å². The van der Waals surface area contributed by atoms with Gasteiger partial charge in [0.1, 0.15) is 11.6 Å². The highest BCUT2D eigenvalue weighted by Gasteiger charge is 2.14. The van der Waals surface area contributed by atoms with Crippen LogP contribution in [0.25, 0.3) is 0 Å². The molecule has 0 radical (unpaired) electrons. The van der Waals surface area contributed by atoms with Gasteiger partial charge in [-0.3, -0.25) is 4.79 Å². The number of hydrogen-bond acceptors (Lipinski definition) is 2. The summed E-state index contributed by atoms with van der Waals surface area (Å²) in [4.78, 5) is 11.8. The predicted octanol–water partition coefficient (Wildman–Crippen LogP) is 5.41. The first kappa shape index (κ1) is 24.8. The van der Waals surface area contributed by atoms with Crippen molar-refractivity contribution in [2.45, 2.75) is 58.9 Å². The summed E-state index contributed by atoms with van der Waals surface area (Å²) < 4.78 is 26.5. The Labute approximate surface area is 173 Å². The summed E-state index contributed by atoms with van der Waals surface area (Å²) in [6, 6.07) is 13.0. The van der Waals surface area contributed by atoms with E-state index in [0.717, 1.165) is 24.0 Å². The number of hydrogen-bond donors (Lipinski definition) is 2. The van der Waals surface area contributed by atoms with Gasteiger partial charge in [0.2, 0.25) is 5.91 Å². The molecule has 2 rings (SSSR count). The van der Waals surface area contributed by atoms with E-state index in [1.807, 2.05) is 13.8 Å². The lowest BCUT2D eigenvalue weighted by Crippen LogP contribution is -2.37. The number of rotatable bonds is 9. The lowest BCUT2D eigenvalue weighted by Gasteiger charge is -2.18. The van der Waals surface area contributed by atoms with Crippen LogP contribution < -0.4 is 10.6 Å². The second-order valence-electron chi connectivity index (χ2n) is 7.39. The largest absolute Gasteiger partial charge is 0.355 e. The van der Waals surface area contributed by atoms with E-state index < -0.39 is 0 Å².